The first-order valence-electron chi connectivity index (χ1n) is 10.2. The van der Waals surface area contributed by atoms with Crippen LogP contribution in [0.25, 0.3) is 0 Å². The summed E-state index contributed by atoms with van der Waals surface area (Å²) in [4.78, 5) is 21.2. The number of nitrogens with zero attached hydrogens (tertiary/aromatic N) is 2. The van der Waals surface area contributed by atoms with E-state index in [1.807, 2.05) is 42.5 Å². The smallest absolute Gasteiger partial charge is 0.241 e. The lowest BCUT2D eigenvalue weighted by Gasteiger charge is -2.22. The molecule has 0 bridgehead atoms. The van der Waals surface area contributed by atoms with Crippen LogP contribution in [0.1, 0.15) is 22.7 Å². The molecule has 0 aliphatic rings. The highest BCUT2D eigenvalue weighted by molar-refractivity contribution is 5.84. The Morgan fingerprint density at radius 3 is 2.06 bits per heavy atom. The minimum Gasteiger partial charge on any atom is -0.497 e. The van der Waals surface area contributed by atoms with E-state index in [-0.39, 0.29) is 5.91 Å². The Balaban J connectivity index is 1.72. The second-order valence-corrected chi connectivity index (χ2v) is 7.00. The van der Waals surface area contributed by atoms with E-state index in [0.29, 0.717) is 24.6 Å². The van der Waals surface area contributed by atoms with Crippen LogP contribution in [-0.2, 0) is 17.6 Å². The Morgan fingerprint density at radius 2 is 1.48 bits per heavy atom. The van der Waals surface area contributed by atoms with Gasteiger partial charge in [0, 0.05) is 43.4 Å². The molecule has 7 heteroatoms. The Labute approximate surface area is 182 Å². The summed E-state index contributed by atoms with van der Waals surface area (Å²) in [5.74, 6) is 1.18. The standard InChI is InChI=1S/C24H28N4O3/c1-30-20-3-4-22(31-2)21(17-20)23(27-15-9-18-5-11-25-12-6-18)24(29)28-16-10-19-7-13-26-14-8-19/h3-8,11-14,17,23,27H,9-10,15-16H2,1-2H3,(H,28,29). The molecule has 31 heavy (non-hydrogen) atoms. The normalized spacial score (nSPS) is 11.5. The van der Waals surface area contributed by atoms with Gasteiger partial charge >= 0.3 is 0 Å². The van der Waals surface area contributed by atoms with E-state index >= 15 is 0 Å². The van der Waals surface area contributed by atoms with Crippen molar-refractivity contribution < 1.29 is 14.3 Å². The highest BCUT2D eigenvalue weighted by Gasteiger charge is 2.24. The van der Waals surface area contributed by atoms with Gasteiger partial charge in [-0.25, -0.2) is 0 Å². The fraction of sp³-hybridized carbons (Fsp3) is 0.292. The third-order valence-electron chi connectivity index (χ3n) is 4.98. The molecule has 2 aromatic heterocycles. The summed E-state index contributed by atoms with van der Waals surface area (Å²) in [5.41, 5.74) is 3.01. The summed E-state index contributed by atoms with van der Waals surface area (Å²) in [5, 5.41) is 6.42. The van der Waals surface area contributed by atoms with Gasteiger partial charge in [0.1, 0.15) is 17.5 Å². The molecule has 1 aromatic carbocycles. The largest absolute Gasteiger partial charge is 0.497 e. The summed E-state index contributed by atoms with van der Waals surface area (Å²) in [6.45, 7) is 1.14. The van der Waals surface area contributed by atoms with Gasteiger partial charge in [0.05, 0.1) is 14.2 Å². The van der Waals surface area contributed by atoms with Crippen LogP contribution in [0, 0.1) is 0 Å². The third-order valence-corrected chi connectivity index (χ3v) is 4.98. The molecule has 0 saturated carbocycles. The molecule has 2 heterocycles. The van der Waals surface area contributed by atoms with Crippen LogP contribution in [0.15, 0.2) is 67.3 Å². The molecule has 1 amide bonds. The van der Waals surface area contributed by atoms with E-state index in [2.05, 4.69) is 20.6 Å². The lowest BCUT2D eigenvalue weighted by molar-refractivity contribution is -0.123. The van der Waals surface area contributed by atoms with Crippen molar-refractivity contribution in [3.05, 3.63) is 83.9 Å². The number of ether oxygens (including phenoxy) is 2. The van der Waals surface area contributed by atoms with E-state index in [9.17, 15) is 4.79 Å². The van der Waals surface area contributed by atoms with Gasteiger partial charge in [-0.1, -0.05) is 0 Å². The van der Waals surface area contributed by atoms with Crippen molar-refractivity contribution in [1.29, 1.82) is 0 Å². The van der Waals surface area contributed by atoms with Crippen LogP contribution < -0.4 is 20.1 Å². The number of aromatic nitrogens is 2. The number of pyridine rings is 2. The topological polar surface area (TPSA) is 85.4 Å². The maximum Gasteiger partial charge on any atom is 0.241 e. The number of benzene rings is 1. The third kappa shape index (κ3) is 6.52. The lowest BCUT2D eigenvalue weighted by atomic mass is 10.0. The van der Waals surface area contributed by atoms with Crippen molar-refractivity contribution in [3.63, 3.8) is 0 Å². The second kappa shape index (κ2) is 11.7. The fourth-order valence-electron chi connectivity index (χ4n) is 3.30. The summed E-state index contributed by atoms with van der Waals surface area (Å²) in [7, 11) is 3.20. The van der Waals surface area contributed by atoms with Gasteiger partial charge in [0.15, 0.2) is 0 Å². The van der Waals surface area contributed by atoms with Crippen LogP contribution in [0.2, 0.25) is 0 Å². The molecular formula is C24H28N4O3. The quantitative estimate of drug-likeness (QED) is 0.496. The molecular weight excluding hydrogens is 392 g/mol. The average Bonchev–Trinajstić information content (AvgIpc) is 2.82. The van der Waals surface area contributed by atoms with E-state index in [0.717, 1.165) is 29.5 Å². The fourth-order valence-corrected chi connectivity index (χ4v) is 3.30. The molecule has 7 nitrogen and oxygen atoms in total. The van der Waals surface area contributed by atoms with Gasteiger partial charge in [-0.2, -0.15) is 0 Å². The monoisotopic (exact) mass is 420 g/mol. The SMILES string of the molecule is COc1ccc(OC)c(C(NCCc2ccncc2)C(=O)NCCc2ccncc2)c1. The molecule has 3 rings (SSSR count). The zero-order valence-corrected chi connectivity index (χ0v) is 17.9. The lowest BCUT2D eigenvalue weighted by Crippen LogP contribution is -2.39. The van der Waals surface area contributed by atoms with Crippen LogP contribution in [0.5, 0.6) is 11.5 Å². The molecule has 0 fully saturated rings. The van der Waals surface area contributed by atoms with Crippen molar-refractivity contribution in [2.45, 2.75) is 18.9 Å². The summed E-state index contributed by atoms with van der Waals surface area (Å²) in [6, 6.07) is 12.7. The number of amides is 1. The number of carbonyl (C=O) groups is 1. The molecule has 2 N–H and O–H groups in total. The van der Waals surface area contributed by atoms with Crippen molar-refractivity contribution >= 4 is 5.91 Å². The zero-order chi connectivity index (χ0) is 21.9. The summed E-state index contributed by atoms with van der Waals surface area (Å²) < 4.78 is 10.9. The molecule has 0 saturated heterocycles. The molecule has 3 aromatic rings. The summed E-state index contributed by atoms with van der Waals surface area (Å²) >= 11 is 0. The van der Waals surface area contributed by atoms with E-state index in [1.54, 1.807) is 39.0 Å². The number of hydrogen-bond donors (Lipinski definition) is 2. The maximum atomic E-state index is 13.2. The van der Waals surface area contributed by atoms with Crippen LogP contribution in [0.4, 0.5) is 0 Å². The van der Waals surface area contributed by atoms with Crippen molar-refractivity contribution in [3.8, 4) is 11.5 Å². The Bertz CT molecular complexity index is 952. The summed E-state index contributed by atoms with van der Waals surface area (Å²) in [6.07, 6.45) is 8.54. The number of carbonyl (C=O) groups excluding carboxylic acids is 1. The molecule has 0 aliphatic carbocycles. The van der Waals surface area contributed by atoms with E-state index in [1.165, 1.54) is 0 Å². The second-order valence-electron chi connectivity index (χ2n) is 7.00. The highest BCUT2D eigenvalue weighted by atomic mass is 16.5. The molecule has 1 unspecified atom stereocenters. The Hall–Kier alpha value is -3.45. The van der Waals surface area contributed by atoms with Crippen LogP contribution >= 0.6 is 0 Å². The minimum absolute atomic E-state index is 0.115. The first-order valence-corrected chi connectivity index (χ1v) is 10.2. The van der Waals surface area contributed by atoms with Crippen LogP contribution in [-0.4, -0.2) is 43.2 Å². The van der Waals surface area contributed by atoms with Gasteiger partial charge < -0.3 is 20.1 Å². The Morgan fingerprint density at radius 1 is 0.871 bits per heavy atom. The highest BCUT2D eigenvalue weighted by Crippen LogP contribution is 2.29. The predicted octanol–water partition coefficient (Wildman–Crippen LogP) is 2.73. The molecule has 0 spiro atoms. The minimum atomic E-state index is -0.579. The predicted molar refractivity (Wildman–Crippen MR) is 119 cm³/mol. The van der Waals surface area contributed by atoms with Crippen molar-refractivity contribution in [2.75, 3.05) is 27.3 Å². The molecule has 162 valence electrons. The van der Waals surface area contributed by atoms with E-state index < -0.39 is 6.04 Å². The van der Waals surface area contributed by atoms with Crippen molar-refractivity contribution in [1.82, 2.24) is 20.6 Å². The number of rotatable bonds is 11. The van der Waals surface area contributed by atoms with Crippen molar-refractivity contribution in [2.24, 2.45) is 0 Å². The zero-order valence-electron chi connectivity index (χ0n) is 17.9. The molecule has 1 atom stereocenters. The van der Waals surface area contributed by atoms with Gasteiger partial charge in [-0.05, 0) is 66.4 Å². The van der Waals surface area contributed by atoms with Gasteiger partial charge in [-0.3, -0.25) is 14.8 Å². The van der Waals surface area contributed by atoms with Gasteiger partial charge in [0.25, 0.3) is 0 Å². The van der Waals surface area contributed by atoms with Gasteiger partial charge in [0.2, 0.25) is 5.91 Å². The number of methoxy groups -OCH3 is 2. The first kappa shape index (κ1) is 22.2. The number of nitrogens with one attached hydrogen (secondary N) is 2. The van der Waals surface area contributed by atoms with Crippen LogP contribution in [0.3, 0.4) is 0 Å². The maximum absolute atomic E-state index is 13.2. The first-order chi connectivity index (χ1) is 15.2. The average molecular weight is 421 g/mol. The molecule has 0 aliphatic heterocycles. The van der Waals surface area contributed by atoms with Gasteiger partial charge in [-0.15, -0.1) is 0 Å². The van der Waals surface area contributed by atoms with E-state index in [4.69, 9.17) is 9.47 Å². The number of hydrogen-bond acceptors (Lipinski definition) is 6. The Kier molecular flexibility index (Phi) is 8.37. The molecule has 0 radical (unpaired) electrons.